The highest BCUT2D eigenvalue weighted by Gasteiger charge is 2.17. The van der Waals surface area contributed by atoms with E-state index in [2.05, 4.69) is 11.4 Å². The van der Waals surface area contributed by atoms with Gasteiger partial charge in [0.2, 0.25) is 0 Å². The summed E-state index contributed by atoms with van der Waals surface area (Å²) in [5.74, 6) is 0. The first kappa shape index (κ1) is 15.9. The second-order valence-electron chi connectivity index (χ2n) is 6.87. The molecule has 0 unspecified atom stereocenters. The van der Waals surface area contributed by atoms with Gasteiger partial charge in [0, 0.05) is 5.69 Å². The number of amides is 1. The lowest BCUT2D eigenvalue weighted by Crippen LogP contribution is -2.27. The summed E-state index contributed by atoms with van der Waals surface area (Å²) in [5.41, 5.74) is 13.1. The summed E-state index contributed by atoms with van der Waals surface area (Å²) in [5, 5.41) is 6.80. The predicted molar refractivity (Wildman–Crippen MR) is 100 cm³/mol. The Morgan fingerprint density at radius 3 is 2.25 bits per heavy atom. The Balaban J connectivity index is 2.02. The number of anilines is 3. The molecule has 0 atom stereocenters. The molecular formula is C19H21N3O2. The van der Waals surface area contributed by atoms with Crippen molar-refractivity contribution in [1.29, 1.82) is 0 Å². The third-order valence-electron chi connectivity index (χ3n) is 3.62. The molecule has 0 saturated heterocycles. The molecule has 124 valence electrons. The van der Waals surface area contributed by atoms with Crippen molar-refractivity contribution in [3.63, 3.8) is 0 Å². The number of carbonyl (C=O) groups excluding carboxylic acids is 1. The lowest BCUT2D eigenvalue weighted by Gasteiger charge is -2.20. The van der Waals surface area contributed by atoms with Crippen LogP contribution in [0.2, 0.25) is 0 Å². The monoisotopic (exact) mass is 323 g/mol. The maximum absolute atomic E-state index is 12.0. The molecule has 3 aromatic rings. The molecule has 3 rings (SSSR count). The van der Waals surface area contributed by atoms with Gasteiger partial charge < -0.3 is 16.2 Å². The van der Waals surface area contributed by atoms with Gasteiger partial charge >= 0.3 is 6.09 Å². The van der Waals surface area contributed by atoms with Crippen molar-refractivity contribution in [2.75, 3.05) is 16.8 Å². The molecule has 5 N–H and O–H groups in total. The normalized spacial score (nSPS) is 11.6. The van der Waals surface area contributed by atoms with E-state index in [9.17, 15) is 4.79 Å². The van der Waals surface area contributed by atoms with Gasteiger partial charge in [-0.2, -0.15) is 0 Å². The first-order valence-electron chi connectivity index (χ1n) is 7.74. The van der Waals surface area contributed by atoms with E-state index in [1.165, 1.54) is 0 Å². The van der Waals surface area contributed by atoms with Gasteiger partial charge in [-0.25, -0.2) is 4.79 Å². The Labute approximate surface area is 140 Å². The third kappa shape index (κ3) is 3.35. The molecule has 0 bridgehead atoms. The van der Waals surface area contributed by atoms with Crippen LogP contribution in [0.15, 0.2) is 42.5 Å². The van der Waals surface area contributed by atoms with E-state index in [0.29, 0.717) is 17.1 Å². The van der Waals surface area contributed by atoms with Crippen molar-refractivity contribution in [3.8, 4) is 0 Å². The van der Waals surface area contributed by atoms with Crippen LogP contribution < -0.4 is 16.8 Å². The lowest BCUT2D eigenvalue weighted by molar-refractivity contribution is 0.0636. The van der Waals surface area contributed by atoms with E-state index in [1.54, 1.807) is 0 Å². The van der Waals surface area contributed by atoms with Crippen LogP contribution in [0.4, 0.5) is 21.9 Å². The number of rotatable bonds is 1. The van der Waals surface area contributed by atoms with Gasteiger partial charge in [0.15, 0.2) is 0 Å². The Morgan fingerprint density at radius 2 is 1.54 bits per heavy atom. The lowest BCUT2D eigenvalue weighted by atomic mass is 10.0. The van der Waals surface area contributed by atoms with Gasteiger partial charge in [0.1, 0.15) is 5.60 Å². The van der Waals surface area contributed by atoms with E-state index in [0.717, 1.165) is 21.5 Å². The maximum Gasteiger partial charge on any atom is 0.412 e. The first-order chi connectivity index (χ1) is 11.2. The van der Waals surface area contributed by atoms with E-state index >= 15 is 0 Å². The number of hydrogen-bond acceptors (Lipinski definition) is 4. The number of carbonyl (C=O) groups is 1. The SMILES string of the molecule is CC(C)(C)OC(=O)Nc1cc2cc3cc(N)ccc3cc2cc1N. The number of ether oxygens (including phenoxy) is 1. The summed E-state index contributed by atoms with van der Waals surface area (Å²) in [6, 6.07) is 13.5. The standard InChI is InChI=1S/C19H21N3O2/c1-19(2,3)24-18(23)22-17-10-14-7-12-8-15(20)5-4-11(12)6-13(14)9-16(17)21/h4-10H,20-21H2,1-3H3,(H,22,23). The van der Waals surface area contributed by atoms with Crippen LogP contribution in [0.25, 0.3) is 21.5 Å². The average Bonchev–Trinajstić information content (AvgIpc) is 2.44. The highest BCUT2D eigenvalue weighted by atomic mass is 16.6. The molecular weight excluding hydrogens is 302 g/mol. The predicted octanol–water partition coefficient (Wildman–Crippen LogP) is 4.50. The maximum atomic E-state index is 12.0. The van der Waals surface area contributed by atoms with E-state index in [-0.39, 0.29) is 0 Å². The molecule has 0 aliphatic rings. The molecule has 0 aromatic heterocycles. The first-order valence-corrected chi connectivity index (χ1v) is 7.74. The molecule has 24 heavy (non-hydrogen) atoms. The van der Waals surface area contributed by atoms with Crippen molar-refractivity contribution < 1.29 is 9.53 Å². The molecule has 5 nitrogen and oxygen atoms in total. The number of fused-ring (bicyclic) bond motifs is 2. The number of hydrogen-bond donors (Lipinski definition) is 3. The average molecular weight is 323 g/mol. The largest absolute Gasteiger partial charge is 0.444 e. The summed E-state index contributed by atoms with van der Waals surface area (Å²) >= 11 is 0. The smallest absolute Gasteiger partial charge is 0.412 e. The van der Waals surface area contributed by atoms with Gasteiger partial charge in [-0.15, -0.1) is 0 Å². The van der Waals surface area contributed by atoms with Crippen LogP contribution in [0, 0.1) is 0 Å². The topological polar surface area (TPSA) is 90.4 Å². The number of benzene rings is 3. The minimum absolute atomic E-state index is 0.489. The molecule has 0 aliphatic carbocycles. The molecule has 0 aliphatic heterocycles. The van der Waals surface area contributed by atoms with Crippen molar-refractivity contribution in [2.24, 2.45) is 0 Å². The number of nitrogen functional groups attached to an aromatic ring is 2. The molecule has 5 heteroatoms. The molecule has 1 amide bonds. The molecule has 0 radical (unpaired) electrons. The molecule has 0 fully saturated rings. The van der Waals surface area contributed by atoms with Gasteiger partial charge in [-0.1, -0.05) is 6.07 Å². The summed E-state index contributed by atoms with van der Waals surface area (Å²) in [6.07, 6.45) is -0.529. The minimum Gasteiger partial charge on any atom is -0.444 e. The molecule has 0 heterocycles. The quantitative estimate of drug-likeness (QED) is 0.454. The minimum atomic E-state index is -0.566. The van der Waals surface area contributed by atoms with E-state index in [1.807, 2.05) is 57.2 Å². The highest BCUT2D eigenvalue weighted by molar-refractivity contribution is 6.03. The Bertz CT molecular complexity index is 943. The van der Waals surface area contributed by atoms with Crippen molar-refractivity contribution >= 4 is 44.7 Å². The number of nitrogens with one attached hydrogen (secondary N) is 1. The van der Waals surface area contributed by atoms with Crippen LogP contribution in [0.3, 0.4) is 0 Å². The molecule has 3 aromatic carbocycles. The zero-order chi connectivity index (χ0) is 17.5. The van der Waals surface area contributed by atoms with E-state index in [4.69, 9.17) is 16.2 Å². The van der Waals surface area contributed by atoms with Crippen molar-refractivity contribution in [3.05, 3.63) is 42.5 Å². The second kappa shape index (κ2) is 5.60. The Hall–Kier alpha value is -2.95. The zero-order valence-corrected chi connectivity index (χ0v) is 14.0. The van der Waals surface area contributed by atoms with Gasteiger partial charge in [-0.05, 0) is 78.7 Å². The third-order valence-corrected chi connectivity index (χ3v) is 3.62. The Morgan fingerprint density at radius 1 is 0.917 bits per heavy atom. The second-order valence-corrected chi connectivity index (χ2v) is 6.87. The summed E-state index contributed by atoms with van der Waals surface area (Å²) in [6.45, 7) is 5.44. The fourth-order valence-corrected chi connectivity index (χ4v) is 2.61. The van der Waals surface area contributed by atoms with E-state index < -0.39 is 11.7 Å². The van der Waals surface area contributed by atoms with Gasteiger partial charge in [-0.3, -0.25) is 5.32 Å². The fraction of sp³-hybridized carbons (Fsp3) is 0.211. The Kier molecular flexibility index (Phi) is 3.72. The van der Waals surface area contributed by atoms with Gasteiger partial charge in [0.25, 0.3) is 0 Å². The van der Waals surface area contributed by atoms with Crippen LogP contribution in [0.5, 0.6) is 0 Å². The molecule has 0 saturated carbocycles. The van der Waals surface area contributed by atoms with Crippen LogP contribution in [-0.4, -0.2) is 11.7 Å². The fourth-order valence-electron chi connectivity index (χ4n) is 2.61. The van der Waals surface area contributed by atoms with Crippen molar-refractivity contribution in [2.45, 2.75) is 26.4 Å². The van der Waals surface area contributed by atoms with Crippen LogP contribution >= 0.6 is 0 Å². The molecule has 0 spiro atoms. The van der Waals surface area contributed by atoms with Gasteiger partial charge in [0.05, 0.1) is 11.4 Å². The zero-order valence-electron chi connectivity index (χ0n) is 14.0. The highest BCUT2D eigenvalue weighted by Crippen LogP contribution is 2.30. The summed E-state index contributed by atoms with van der Waals surface area (Å²) < 4.78 is 5.27. The number of nitrogens with two attached hydrogens (primary N) is 2. The van der Waals surface area contributed by atoms with Crippen LogP contribution in [0.1, 0.15) is 20.8 Å². The summed E-state index contributed by atoms with van der Waals surface area (Å²) in [4.78, 5) is 12.0. The van der Waals surface area contributed by atoms with Crippen LogP contribution in [-0.2, 0) is 4.74 Å². The summed E-state index contributed by atoms with van der Waals surface area (Å²) in [7, 11) is 0. The van der Waals surface area contributed by atoms with Crippen molar-refractivity contribution in [1.82, 2.24) is 0 Å².